The number of rotatable bonds is 4. The van der Waals surface area contributed by atoms with E-state index in [4.69, 9.17) is 4.74 Å². The molecule has 2 rings (SSSR count). The van der Waals surface area contributed by atoms with Gasteiger partial charge in [0.15, 0.2) is 0 Å². The van der Waals surface area contributed by atoms with E-state index < -0.39 is 0 Å². The van der Waals surface area contributed by atoms with Crippen molar-refractivity contribution in [2.75, 3.05) is 25.5 Å². The molecule has 0 aromatic heterocycles. The molecule has 1 aromatic rings. The summed E-state index contributed by atoms with van der Waals surface area (Å²) in [6, 6.07) is 8.60. The Balaban J connectivity index is 1.94. The van der Waals surface area contributed by atoms with Gasteiger partial charge in [0.05, 0.1) is 12.2 Å². The molecule has 0 spiro atoms. The third kappa shape index (κ3) is 3.47. The van der Waals surface area contributed by atoms with Crippen molar-refractivity contribution in [3.63, 3.8) is 0 Å². The van der Waals surface area contributed by atoms with Crippen LogP contribution in [0.15, 0.2) is 24.3 Å². The van der Waals surface area contributed by atoms with Gasteiger partial charge < -0.3 is 15.0 Å². The Bertz CT molecular complexity index is 420. The van der Waals surface area contributed by atoms with Crippen molar-refractivity contribution in [2.45, 2.75) is 32.4 Å². The molecule has 1 aliphatic heterocycles. The summed E-state index contributed by atoms with van der Waals surface area (Å²) in [6.45, 7) is 5.52. The van der Waals surface area contributed by atoms with Crippen LogP contribution in [-0.2, 0) is 4.74 Å². The van der Waals surface area contributed by atoms with Crippen LogP contribution in [0.4, 0.5) is 5.69 Å². The lowest BCUT2D eigenvalue weighted by molar-refractivity contribution is 0.0526. The number of nitrogens with zero attached hydrogens (tertiary/aromatic N) is 1. The van der Waals surface area contributed by atoms with E-state index in [0.29, 0.717) is 24.3 Å². The predicted octanol–water partition coefficient (Wildman–Crippen LogP) is 2.37. The highest BCUT2D eigenvalue weighted by atomic mass is 16.5. The minimum atomic E-state index is -0.261. The Labute approximate surface area is 114 Å². The molecule has 104 valence electrons. The summed E-state index contributed by atoms with van der Waals surface area (Å²) in [5, 5.41) is 3.51. The maximum Gasteiger partial charge on any atom is 0.338 e. The van der Waals surface area contributed by atoms with Gasteiger partial charge in [-0.15, -0.1) is 0 Å². The van der Waals surface area contributed by atoms with Crippen LogP contribution in [0.5, 0.6) is 0 Å². The van der Waals surface area contributed by atoms with Gasteiger partial charge in [0.2, 0.25) is 0 Å². The average Bonchev–Trinajstić information content (AvgIpc) is 2.69. The van der Waals surface area contributed by atoms with Crippen molar-refractivity contribution in [1.29, 1.82) is 0 Å². The van der Waals surface area contributed by atoms with Crippen LogP contribution in [-0.4, -0.2) is 43.2 Å². The van der Waals surface area contributed by atoms with Gasteiger partial charge >= 0.3 is 5.97 Å². The average molecular weight is 262 g/mol. The lowest BCUT2D eigenvalue weighted by atomic mass is 10.1. The van der Waals surface area contributed by atoms with Crippen LogP contribution in [0.25, 0.3) is 0 Å². The van der Waals surface area contributed by atoms with Crippen LogP contribution in [0.2, 0.25) is 0 Å². The van der Waals surface area contributed by atoms with E-state index in [-0.39, 0.29) is 5.97 Å². The second-order valence-corrected chi connectivity index (χ2v) is 5.16. The zero-order valence-electron chi connectivity index (χ0n) is 11.8. The number of hydrogen-bond acceptors (Lipinski definition) is 4. The summed E-state index contributed by atoms with van der Waals surface area (Å²) in [4.78, 5) is 13.9. The van der Waals surface area contributed by atoms with E-state index in [1.54, 1.807) is 0 Å². The first kappa shape index (κ1) is 13.9. The quantitative estimate of drug-likeness (QED) is 0.846. The molecule has 0 amide bonds. The number of ether oxygens (including phenoxy) is 1. The maximum absolute atomic E-state index is 11.5. The molecule has 1 N–H and O–H groups in total. The molecule has 4 nitrogen and oxygen atoms in total. The molecule has 2 atom stereocenters. The highest BCUT2D eigenvalue weighted by Crippen LogP contribution is 2.20. The first-order chi connectivity index (χ1) is 9.10. The smallest absolute Gasteiger partial charge is 0.338 e. The topological polar surface area (TPSA) is 41.6 Å². The van der Waals surface area contributed by atoms with Crippen molar-refractivity contribution < 1.29 is 9.53 Å². The molecule has 2 unspecified atom stereocenters. The van der Waals surface area contributed by atoms with Crippen LogP contribution in [0, 0.1) is 0 Å². The summed E-state index contributed by atoms with van der Waals surface area (Å²) in [5.74, 6) is -0.261. The summed E-state index contributed by atoms with van der Waals surface area (Å²) >= 11 is 0. The first-order valence-electron chi connectivity index (χ1n) is 6.84. The zero-order valence-corrected chi connectivity index (χ0v) is 11.8. The number of likely N-dealkylation sites (tertiary alicyclic amines) is 1. The largest absolute Gasteiger partial charge is 0.462 e. The molecule has 4 heteroatoms. The van der Waals surface area contributed by atoms with Gasteiger partial charge in [-0.05, 0) is 51.6 Å². The number of esters is 1. The van der Waals surface area contributed by atoms with Gasteiger partial charge in [-0.1, -0.05) is 0 Å². The Morgan fingerprint density at radius 3 is 2.63 bits per heavy atom. The van der Waals surface area contributed by atoms with E-state index in [1.165, 1.54) is 0 Å². The Kier molecular flexibility index (Phi) is 4.43. The third-order valence-electron chi connectivity index (χ3n) is 3.65. The molecule has 0 bridgehead atoms. The molecular weight excluding hydrogens is 240 g/mol. The van der Waals surface area contributed by atoms with Crippen LogP contribution < -0.4 is 5.32 Å². The summed E-state index contributed by atoms with van der Waals surface area (Å²) in [7, 11) is 2.15. The number of nitrogens with one attached hydrogen (secondary N) is 1. The minimum absolute atomic E-state index is 0.261. The molecule has 1 saturated heterocycles. The highest BCUT2D eigenvalue weighted by molar-refractivity contribution is 5.89. The Hall–Kier alpha value is -1.55. The van der Waals surface area contributed by atoms with Crippen molar-refractivity contribution in [2.24, 2.45) is 0 Å². The van der Waals surface area contributed by atoms with Crippen LogP contribution in [0.1, 0.15) is 30.6 Å². The van der Waals surface area contributed by atoms with Crippen molar-refractivity contribution in [3.8, 4) is 0 Å². The fraction of sp³-hybridized carbons (Fsp3) is 0.533. The van der Waals surface area contributed by atoms with Crippen molar-refractivity contribution in [1.82, 2.24) is 4.90 Å². The Morgan fingerprint density at radius 2 is 2.11 bits per heavy atom. The lowest BCUT2D eigenvalue weighted by Crippen LogP contribution is -2.24. The fourth-order valence-electron chi connectivity index (χ4n) is 2.45. The van der Waals surface area contributed by atoms with E-state index in [1.807, 2.05) is 31.2 Å². The summed E-state index contributed by atoms with van der Waals surface area (Å²) < 4.78 is 4.96. The lowest BCUT2D eigenvalue weighted by Gasteiger charge is -2.14. The fourth-order valence-corrected chi connectivity index (χ4v) is 2.45. The summed E-state index contributed by atoms with van der Waals surface area (Å²) in [5.41, 5.74) is 1.66. The molecule has 1 heterocycles. The van der Waals surface area contributed by atoms with E-state index in [2.05, 4.69) is 24.2 Å². The normalized spacial score (nSPS) is 23.3. The van der Waals surface area contributed by atoms with Gasteiger partial charge in [0, 0.05) is 24.3 Å². The third-order valence-corrected chi connectivity index (χ3v) is 3.65. The molecule has 1 aliphatic rings. The zero-order chi connectivity index (χ0) is 13.8. The maximum atomic E-state index is 11.5. The molecule has 0 radical (unpaired) electrons. The van der Waals surface area contributed by atoms with Gasteiger partial charge in [0.1, 0.15) is 0 Å². The number of carbonyl (C=O) groups excluding carboxylic acids is 1. The van der Waals surface area contributed by atoms with E-state index >= 15 is 0 Å². The number of anilines is 1. The van der Waals surface area contributed by atoms with Gasteiger partial charge in [-0.3, -0.25) is 0 Å². The Morgan fingerprint density at radius 1 is 1.42 bits per heavy atom. The van der Waals surface area contributed by atoms with Gasteiger partial charge in [-0.25, -0.2) is 4.79 Å². The monoisotopic (exact) mass is 262 g/mol. The van der Waals surface area contributed by atoms with Gasteiger partial charge in [0.25, 0.3) is 0 Å². The molecule has 0 aliphatic carbocycles. The molecule has 19 heavy (non-hydrogen) atoms. The van der Waals surface area contributed by atoms with E-state index in [9.17, 15) is 4.79 Å². The SMILES string of the molecule is CCOC(=O)c1ccc(NC2CC(C)N(C)C2)cc1. The van der Waals surface area contributed by atoms with Crippen LogP contribution >= 0.6 is 0 Å². The molecule has 0 saturated carbocycles. The minimum Gasteiger partial charge on any atom is -0.462 e. The second kappa shape index (κ2) is 6.06. The van der Waals surface area contributed by atoms with E-state index in [0.717, 1.165) is 18.7 Å². The first-order valence-corrected chi connectivity index (χ1v) is 6.84. The van der Waals surface area contributed by atoms with Crippen molar-refractivity contribution in [3.05, 3.63) is 29.8 Å². The number of likely N-dealkylation sites (N-methyl/N-ethyl adjacent to an activating group) is 1. The predicted molar refractivity (Wildman–Crippen MR) is 76.5 cm³/mol. The number of carbonyl (C=O) groups is 1. The molecule has 1 fully saturated rings. The molecular formula is C15H22N2O2. The highest BCUT2D eigenvalue weighted by Gasteiger charge is 2.25. The number of hydrogen-bond donors (Lipinski definition) is 1. The van der Waals surface area contributed by atoms with Crippen molar-refractivity contribution >= 4 is 11.7 Å². The standard InChI is InChI=1S/C15H22N2O2/c1-4-19-15(18)12-5-7-13(8-6-12)16-14-9-11(2)17(3)10-14/h5-8,11,14,16H,4,9-10H2,1-3H3. The van der Waals surface area contributed by atoms with Gasteiger partial charge in [-0.2, -0.15) is 0 Å². The number of benzene rings is 1. The molecule has 1 aromatic carbocycles. The second-order valence-electron chi connectivity index (χ2n) is 5.16. The van der Waals surface area contributed by atoms with Crippen LogP contribution in [0.3, 0.4) is 0 Å². The summed E-state index contributed by atoms with van der Waals surface area (Å²) in [6.07, 6.45) is 1.15.